The Hall–Kier alpha value is -1.29. The molecule has 0 aromatic heterocycles. The van der Waals surface area contributed by atoms with Gasteiger partial charge in [-0.1, -0.05) is 12.1 Å². The zero-order chi connectivity index (χ0) is 12.1. The Morgan fingerprint density at radius 3 is 2.81 bits per heavy atom. The van der Waals surface area contributed by atoms with Gasteiger partial charge in [0, 0.05) is 5.56 Å². The lowest BCUT2D eigenvalue weighted by Crippen LogP contribution is -2.12. The van der Waals surface area contributed by atoms with Gasteiger partial charge in [0.05, 0.1) is 13.7 Å². The smallest absolute Gasteiger partial charge is 0.328 e. The lowest BCUT2D eigenvalue weighted by Gasteiger charge is -2.11. The molecule has 1 aromatic rings. The van der Waals surface area contributed by atoms with Crippen LogP contribution in [0.3, 0.4) is 0 Å². The number of benzene rings is 1. The van der Waals surface area contributed by atoms with Crippen LogP contribution in [0.5, 0.6) is 5.75 Å². The molecule has 5 heteroatoms. The first-order chi connectivity index (χ1) is 7.61. The Morgan fingerprint density at radius 1 is 1.56 bits per heavy atom. The van der Waals surface area contributed by atoms with Gasteiger partial charge < -0.3 is 9.47 Å². The summed E-state index contributed by atoms with van der Waals surface area (Å²) in [7, 11) is 1.34. The van der Waals surface area contributed by atoms with Crippen molar-refractivity contribution in [1.82, 2.24) is 0 Å². The summed E-state index contributed by atoms with van der Waals surface area (Å²) in [5.74, 6) is -1.26. The van der Waals surface area contributed by atoms with Gasteiger partial charge in [-0.05, 0) is 13.0 Å². The minimum atomic E-state index is -1.16. The third kappa shape index (κ3) is 2.64. The van der Waals surface area contributed by atoms with E-state index < -0.39 is 17.2 Å². The van der Waals surface area contributed by atoms with E-state index in [1.165, 1.54) is 19.2 Å². The molecule has 0 fully saturated rings. The van der Waals surface area contributed by atoms with E-state index in [2.05, 4.69) is 0 Å². The molecule has 1 atom stereocenters. The maximum atomic E-state index is 13.7. The van der Waals surface area contributed by atoms with Gasteiger partial charge in [-0.25, -0.2) is 4.39 Å². The first-order valence-electron chi connectivity index (χ1n) is 4.74. The Bertz CT molecular complexity index is 381. The summed E-state index contributed by atoms with van der Waals surface area (Å²) in [6, 6.07) is 4.44. The topological polar surface area (TPSA) is 35.5 Å². The monoisotopic (exact) mass is 246 g/mol. The highest BCUT2D eigenvalue weighted by Gasteiger charge is 2.23. The van der Waals surface area contributed by atoms with Gasteiger partial charge in [-0.2, -0.15) is 0 Å². The molecule has 1 unspecified atom stereocenters. The molecule has 0 amide bonds. The van der Waals surface area contributed by atoms with E-state index in [1.54, 1.807) is 13.0 Å². The van der Waals surface area contributed by atoms with Gasteiger partial charge in [-0.15, -0.1) is 11.6 Å². The standard InChI is InChI=1S/C11H12ClFO3/c1-3-16-11(14)9(12)7-5-4-6-8(15-2)10(7)13/h4-6,9H,3H2,1-2H3. The minimum absolute atomic E-state index is 0.0486. The Balaban J connectivity index is 2.99. The van der Waals surface area contributed by atoms with Crippen LogP contribution < -0.4 is 4.74 Å². The molecule has 0 aliphatic heterocycles. The summed E-state index contributed by atoms with van der Waals surface area (Å²) in [5, 5.41) is -1.16. The molecule has 1 rings (SSSR count). The van der Waals surface area contributed by atoms with Gasteiger partial charge in [-0.3, -0.25) is 4.79 Å². The molecule has 0 bridgehead atoms. The first-order valence-corrected chi connectivity index (χ1v) is 5.18. The molecule has 0 saturated carbocycles. The van der Waals surface area contributed by atoms with Crippen molar-refractivity contribution in [3.63, 3.8) is 0 Å². The number of alkyl halides is 1. The number of carbonyl (C=O) groups is 1. The summed E-state index contributed by atoms with van der Waals surface area (Å²) >= 11 is 5.80. The van der Waals surface area contributed by atoms with Crippen molar-refractivity contribution in [2.24, 2.45) is 0 Å². The van der Waals surface area contributed by atoms with Crippen LogP contribution in [0.1, 0.15) is 17.9 Å². The second-order valence-electron chi connectivity index (χ2n) is 2.98. The van der Waals surface area contributed by atoms with Crippen molar-refractivity contribution < 1.29 is 18.7 Å². The summed E-state index contributed by atoms with van der Waals surface area (Å²) < 4.78 is 23.2. The van der Waals surface area contributed by atoms with Crippen LogP contribution in [0, 0.1) is 5.82 Å². The van der Waals surface area contributed by atoms with Crippen LogP contribution in [-0.2, 0) is 9.53 Å². The molecule has 0 saturated heterocycles. The molecule has 16 heavy (non-hydrogen) atoms. The van der Waals surface area contributed by atoms with E-state index in [1.807, 2.05) is 0 Å². The summed E-state index contributed by atoms with van der Waals surface area (Å²) in [6.07, 6.45) is 0. The van der Waals surface area contributed by atoms with Crippen molar-refractivity contribution in [2.75, 3.05) is 13.7 Å². The molecule has 3 nitrogen and oxygen atoms in total. The van der Waals surface area contributed by atoms with Crippen molar-refractivity contribution in [3.8, 4) is 5.75 Å². The van der Waals surface area contributed by atoms with Gasteiger partial charge >= 0.3 is 5.97 Å². The average molecular weight is 247 g/mol. The molecule has 88 valence electrons. The van der Waals surface area contributed by atoms with Crippen molar-refractivity contribution in [1.29, 1.82) is 0 Å². The fraction of sp³-hybridized carbons (Fsp3) is 0.364. The molecule has 0 radical (unpaired) electrons. The lowest BCUT2D eigenvalue weighted by atomic mass is 10.1. The van der Waals surface area contributed by atoms with E-state index in [0.717, 1.165) is 0 Å². The molecule has 0 aliphatic rings. The molecular weight excluding hydrogens is 235 g/mol. The maximum absolute atomic E-state index is 13.7. The Kier molecular flexibility index (Phi) is 4.55. The number of methoxy groups -OCH3 is 1. The average Bonchev–Trinajstić information content (AvgIpc) is 2.29. The number of ether oxygens (including phenoxy) is 2. The summed E-state index contributed by atoms with van der Waals surface area (Å²) in [6.45, 7) is 1.86. The zero-order valence-corrected chi connectivity index (χ0v) is 9.75. The van der Waals surface area contributed by atoms with E-state index >= 15 is 0 Å². The van der Waals surface area contributed by atoms with E-state index in [9.17, 15) is 9.18 Å². The quantitative estimate of drug-likeness (QED) is 0.605. The lowest BCUT2D eigenvalue weighted by molar-refractivity contribution is -0.142. The maximum Gasteiger partial charge on any atom is 0.328 e. The van der Waals surface area contributed by atoms with Gasteiger partial charge in [0.25, 0.3) is 0 Å². The number of carbonyl (C=O) groups excluding carboxylic acids is 1. The molecule has 0 N–H and O–H groups in total. The van der Waals surface area contributed by atoms with Gasteiger partial charge in [0.15, 0.2) is 16.9 Å². The Labute approximate surface area is 98.1 Å². The second-order valence-corrected chi connectivity index (χ2v) is 3.41. The second kappa shape index (κ2) is 5.70. The Morgan fingerprint density at radius 2 is 2.25 bits per heavy atom. The van der Waals surface area contributed by atoms with E-state index in [0.29, 0.717) is 0 Å². The highest BCUT2D eigenvalue weighted by Crippen LogP contribution is 2.29. The number of halogens is 2. The largest absolute Gasteiger partial charge is 0.494 e. The highest BCUT2D eigenvalue weighted by atomic mass is 35.5. The fourth-order valence-electron chi connectivity index (χ4n) is 1.22. The van der Waals surface area contributed by atoms with Gasteiger partial charge in [0.1, 0.15) is 0 Å². The molecule has 0 heterocycles. The predicted molar refractivity (Wildman–Crippen MR) is 58.2 cm³/mol. The highest BCUT2D eigenvalue weighted by molar-refractivity contribution is 6.30. The fourth-order valence-corrected chi connectivity index (χ4v) is 1.46. The van der Waals surface area contributed by atoms with Crippen LogP contribution in [0.2, 0.25) is 0 Å². The molecule has 1 aromatic carbocycles. The first kappa shape index (κ1) is 12.8. The minimum Gasteiger partial charge on any atom is -0.494 e. The van der Waals surface area contributed by atoms with Crippen LogP contribution in [0.15, 0.2) is 18.2 Å². The zero-order valence-electron chi connectivity index (χ0n) is 9.00. The molecular formula is C11H12ClFO3. The van der Waals surface area contributed by atoms with Crippen molar-refractivity contribution in [2.45, 2.75) is 12.3 Å². The number of esters is 1. The number of hydrogen-bond donors (Lipinski definition) is 0. The van der Waals surface area contributed by atoms with Crippen LogP contribution in [0.25, 0.3) is 0 Å². The van der Waals surface area contributed by atoms with E-state index in [-0.39, 0.29) is 17.9 Å². The van der Waals surface area contributed by atoms with Crippen molar-refractivity contribution >= 4 is 17.6 Å². The predicted octanol–water partition coefficient (Wildman–Crippen LogP) is 2.68. The summed E-state index contributed by atoms with van der Waals surface area (Å²) in [4.78, 5) is 11.3. The SMILES string of the molecule is CCOC(=O)C(Cl)c1cccc(OC)c1F. The van der Waals surface area contributed by atoms with Crippen LogP contribution in [-0.4, -0.2) is 19.7 Å². The molecule has 0 aliphatic carbocycles. The third-order valence-electron chi connectivity index (χ3n) is 1.98. The number of rotatable bonds is 4. The van der Waals surface area contributed by atoms with Crippen LogP contribution >= 0.6 is 11.6 Å². The van der Waals surface area contributed by atoms with Gasteiger partial charge in [0.2, 0.25) is 0 Å². The normalized spacial score (nSPS) is 12.0. The van der Waals surface area contributed by atoms with Crippen molar-refractivity contribution in [3.05, 3.63) is 29.6 Å². The number of hydrogen-bond acceptors (Lipinski definition) is 3. The summed E-state index contributed by atoms with van der Waals surface area (Å²) in [5.41, 5.74) is 0.0551. The van der Waals surface area contributed by atoms with Crippen LogP contribution in [0.4, 0.5) is 4.39 Å². The molecule has 0 spiro atoms. The third-order valence-corrected chi connectivity index (χ3v) is 2.39. The van der Waals surface area contributed by atoms with E-state index in [4.69, 9.17) is 21.1 Å².